The van der Waals surface area contributed by atoms with E-state index in [0.29, 0.717) is 12.8 Å². The van der Waals surface area contributed by atoms with Crippen LogP contribution in [0.3, 0.4) is 0 Å². The average molecular weight is 553 g/mol. The molecule has 3 rings (SSSR count). The number of amides is 1. The summed E-state index contributed by atoms with van der Waals surface area (Å²) in [6, 6.07) is -3.54. The fourth-order valence-corrected chi connectivity index (χ4v) is 5.02. The lowest BCUT2D eigenvalue weighted by atomic mass is 9.83. The summed E-state index contributed by atoms with van der Waals surface area (Å²) in [5.41, 5.74) is 29.6. The molecule has 3 aliphatic rings. The van der Waals surface area contributed by atoms with Gasteiger partial charge in [0.25, 0.3) is 0 Å². The molecule has 1 saturated carbocycles. The third kappa shape index (κ3) is 7.15. The van der Waals surface area contributed by atoms with Crippen molar-refractivity contribution in [1.82, 2.24) is 5.32 Å². The molecule has 0 aromatic rings. The molecule has 14 atom stereocenters. The van der Waals surface area contributed by atoms with Gasteiger partial charge in [-0.05, 0) is 32.2 Å². The van der Waals surface area contributed by atoms with Crippen LogP contribution in [0.4, 0.5) is 0 Å². The molecule has 3 fully saturated rings. The highest BCUT2D eigenvalue weighted by Crippen LogP contribution is 2.31. The van der Waals surface area contributed by atoms with Crippen LogP contribution in [-0.2, 0) is 23.7 Å². The number of hydrogen-bond donors (Lipinski definition) is 11. The molecule has 1 aliphatic carbocycles. The molecule has 2 saturated heterocycles. The lowest BCUT2D eigenvalue weighted by molar-refractivity contribution is -0.314. The second-order valence-electron chi connectivity index (χ2n) is 10.2. The van der Waals surface area contributed by atoms with Crippen molar-refractivity contribution in [2.45, 2.75) is 111 Å². The van der Waals surface area contributed by atoms with Gasteiger partial charge >= 0.3 is 0 Å². The first-order valence-corrected chi connectivity index (χ1v) is 12.9. The fourth-order valence-electron chi connectivity index (χ4n) is 5.02. The summed E-state index contributed by atoms with van der Waals surface area (Å²) in [4.78, 5) is 12.6. The van der Waals surface area contributed by atoms with E-state index in [1.54, 1.807) is 0 Å². The van der Waals surface area contributed by atoms with Crippen molar-refractivity contribution in [2.24, 2.45) is 28.7 Å². The van der Waals surface area contributed by atoms with Crippen LogP contribution < -0.4 is 34.0 Å². The maximum Gasteiger partial charge on any atom is 0.249 e. The van der Waals surface area contributed by atoms with Crippen LogP contribution in [0.15, 0.2) is 0 Å². The number of hydrogen-bond acceptors (Lipinski definition) is 15. The Kier molecular flexibility index (Phi) is 11.6. The Morgan fingerprint density at radius 2 is 1.63 bits per heavy atom. The van der Waals surface area contributed by atoms with Crippen molar-refractivity contribution in [3.8, 4) is 0 Å². The Balaban J connectivity index is 1.82. The largest absolute Gasteiger partial charge is 0.394 e. The van der Waals surface area contributed by atoms with E-state index in [1.165, 1.54) is 0 Å². The molecule has 7 unspecified atom stereocenters. The summed E-state index contributed by atoms with van der Waals surface area (Å²) in [7, 11) is 0. The van der Waals surface area contributed by atoms with E-state index >= 15 is 0 Å². The van der Waals surface area contributed by atoms with Gasteiger partial charge in [0.05, 0.1) is 30.8 Å². The third-order valence-electron chi connectivity index (χ3n) is 7.37. The number of aliphatic hydroxyl groups is 5. The molecule has 16 nitrogen and oxygen atoms in total. The summed E-state index contributed by atoms with van der Waals surface area (Å²) in [6.45, 7) is -0.296. The van der Waals surface area contributed by atoms with E-state index in [4.69, 9.17) is 47.6 Å². The molecule has 0 spiro atoms. The Labute approximate surface area is 220 Å². The van der Waals surface area contributed by atoms with E-state index < -0.39 is 92.0 Å². The minimum atomic E-state index is -1.55. The highest BCUT2D eigenvalue weighted by molar-refractivity contribution is 5.80. The average Bonchev–Trinajstić information content (AvgIpc) is 2.89. The summed E-state index contributed by atoms with van der Waals surface area (Å²) in [5.74, 6) is -0.762. The first-order valence-electron chi connectivity index (χ1n) is 12.9. The molecule has 0 bridgehead atoms. The number of carbonyl (C=O) groups excluding carboxylic acids is 1. The van der Waals surface area contributed by atoms with Crippen LogP contribution in [0.1, 0.15) is 25.7 Å². The molecule has 38 heavy (non-hydrogen) atoms. The number of nitrogens with one attached hydrogen (secondary N) is 1. The van der Waals surface area contributed by atoms with Crippen LogP contribution in [0.2, 0.25) is 0 Å². The Morgan fingerprint density at radius 1 is 0.947 bits per heavy atom. The molecule has 0 aromatic carbocycles. The van der Waals surface area contributed by atoms with Gasteiger partial charge in [0.15, 0.2) is 12.6 Å². The van der Waals surface area contributed by atoms with Gasteiger partial charge in [-0.2, -0.15) is 0 Å². The van der Waals surface area contributed by atoms with Crippen LogP contribution in [-0.4, -0.2) is 137 Å². The molecule has 0 radical (unpaired) electrons. The van der Waals surface area contributed by atoms with Gasteiger partial charge in [0.2, 0.25) is 5.91 Å². The van der Waals surface area contributed by atoms with E-state index in [9.17, 15) is 30.3 Å². The standard InChI is InChI=1S/C22H44N6O10/c23-4-3-12(30)20(34)28-11-5-10(26)18(37-21-9(25)2-1-8(6-24)35-21)17(33)19(11)38-22-16(32)14(27)15(31)13(7-29)36-22/h8-19,21-22,29-33H,1-7,23-27H2,(H,28,34)/t8?,9-,10?,11?,12?,13?,14?,15-,16-,17-,18?,19+,21+,22-/m0/s1. The van der Waals surface area contributed by atoms with Gasteiger partial charge in [0, 0.05) is 12.6 Å². The SMILES string of the molecule is NCCC(O)C(=O)NC1CC(N)C(O[C@H]2OC(CN)CC[C@@H]2N)[C@H](O)[C@@H]1O[C@@H]1OC(CO)[C@H](O)C(N)[C@@H]1O. The van der Waals surface area contributed by atoms with Crippen LogP contribution in [0, 0.1) is 0 Å². The normalized spacial score (nSPS) is 44.9. The third-order valence-corrected chi connectivity index (χ3v) is 7.37. The predicted octanol–water partition coefficient (Wildman–Crippen LogP) is -6.40. The molecule has 2 heterocycles. The summed E-state index contributed by atoms with van der Waals surface area (Å²) in [6.07, 6.45) is -10.8. The number of carbonyl (C=O) groups is 1. The Hall–Kier alpha value is -1.09. The molecule has 0 aromatic heterocycles. The van der Waals surface area contributed by atoms with E-state index in [-0.39, 0.29) is 32.0 Å². The lowest BCUT2D eigenvalue weighted by Crippen LogP contribution is -2.69. The topological polar surface area (TPSA) is 297 Å². The number of nitrogens with two attached hydrogens (primary N) is 5. The minimum Gasteiger partial charge on any atom is -0.394 e. The van der Waals surface area contributed by atoms with Crippen molar-refractivity contribution in [1.29, 1.82) is 0 Å². The lowest BCUT2D eigenvalue weighted by Gasteiger charge is -2.48. The number of ether oxygens (including phenoxy) is 4. The van der Waals surface area contributed by atoms with Gasteiger partial charge in [0.1, 0.15) is 42.7 Å². The van der Waals surface area contributed by atoms with Crippen LogP contribution in [0.5, 0.6) is 0 Å². The quantitative estimate of drug-likeness (QED) is 0.120. The first kappa shape index (κ1) is 31.4. The molecule has 222 valence electrons. The Bertz CT molecular complexity index is 755. The molecule has 1 amide bonds. The van der Waals surface area contributed by atoms with Crippen LogP contribution in [0.25, 0.3) is 0 Å². The smallest absolute Gasteiger partial charge is 0.249 e. The van der Waals surface area contributed by atoms with Crippen molar-refractivity contribution in [2.75, 3.05) is 19.7 Å². The maximum absolute atomic E-state index is 12.6. The van der Waals surface area contributed by atoms with Crippen molar-refractivity contribution < 1.29 is 49.3 Å². The maximum atomic E-state index is 12.6. The monoisotopic (exact) mass is 552 g/mol. The first-order chi connectivity index (χ1) is 18.0. The van der Waals surface area contributed by atoms with E-state index in [2.05, 4.69) is 5.32 Å². The Morgan fingerprint density at radius 3 is 2.26 bits per heavy atom. The highest BCUT2D eigenvalue weighted by atomic mass is 16.7. The second-order valence-corrected chi connectivity index (χ2v) is 10.2. The predicted molar refractivity (Wildman–Crippen MR) is 131 cm³/mol. The number of aliphatic hydroxyl groups excluding tert-OH is 5. The minimum absolute atomic E-state index is 0.000983. The summed E-state index contributed by atoms with van der Waals surface area (Å²) >= 11 is 0. The van der Waals surface area contributed by atoms with Gasteiger partial charge < -0.3 is 78.5 Å². The molecule has 16 N–H and O–H groups in total. The van der Waals surface area contributed by atoms with Crippen molar-refractivity contribution in [3.63, 3.8) is 0 Å². The fraction of sp³-hybridized carbons (Fsp3) is 0.955. The zero-order valence-electron chi connectivity index (χ0n) is 21.2. The second kappa shape index (κ2) is 14.0. The summed E-state index contributed by atoms with van der Waals surface area (Å²) in [5, 5.41) is 54.4. The molecule has 2 aliphatic heterocycles. The van der Waals surface area contributed by atoms with E-state index in [1.807, 2.05) is 0 Å². The number of rotatable bonds is 10. The molecule has 16 heteroatoms. The van der Waals surface area contributed by atoms with Gasteiger partial charge in [-0.15, -0.1) is 0 Å². The van der Waals surface area contributed by atoms with Crippen molar-refractivity contribution >= 4 is 5.91 Å². The zero-order chi connectivity index (χ0) is 28.1. The van der Waals surface area contributed by atoms with Crippen LogP contribution >= 0.6 is 0 Å². The molecular formula is C22H44N6O10. The van der Waals surface area contributed by atoms with E-state index in [0.717, 1.165) is 0 Å². The molecular weight excluding hydrogens is 508 g/mol. The van der Waals surface area contributed by atoms with Crippen molar-refractivity contribution in [3.05, 3.63) is 0 Å². The highest BCUT2D eigenvalue weighted by Gasteiger charge is 2.51. The van der Waals surface area contributed by atoms with Gasteiger partial charge in [-0.3, -0.25) is 4.79 Å². The van der Waals surface area contributed by atoms with Gasteiger partial charge in [-0.25, -0.2) is 0 Å². The summed E-state index contributed by atoms with van der Waals surface area (Å²) < 4.78 is 23.3. The zero-order valence-corrected chi connectivity index (χ0v) is 21.2. The van der Waals surface area contributed by atoms with Gasteiger partial charge in [-0.1, -0.05) is 0 Å².